The normalized spacial score (nSPS) is 17.0. The highest BCUT2D eigenvalue weighted by molar-refractivity contribution is 7.13. The molecule has 168 valence electrons. The lowest BCUT2D eigenvalue weighted by Crippen LogP contribution is -2.39. The van der Waals surface area contributed by atoms with Crippen LogP contribution < -0.4 is 10.6 Å². The van der Waals surface area contributed by atoms with Crippen molar-refractivity contribution in [1.29, 1.82) is 0 Å². The summed E-state index contributed by atoms with van der Waals surface area (Å²) in [6.07, 6.45) is 5.63. The molecule has 3 rings (SSSR count). The summed E-state index contributed by atoms with van der Waals surface area (Å²) in [7, 11) is 0. The Kier molecular flexibility index (Phi) is 8.54. The van der Waals surface area contributed by atoms with E-state index in [-0.39, 0.29) is 11.8 Å². The molecule has 1 aliphatic heterocycles. The first kappa shape index (κ1) is 23.3. The standard InChI is InChI=1S/C23H33N5O2S/c1-16(2)15-20-26-27-23(31-20)22(30)25-19-10-8-18(9-11-19)21(29)24-12-6-14-28-13-5-4-7-17(28)3/h8-11,16-17H,4-7,12-15H2,1-3H3,(H,24,29)(H,25,30)/t17-/m0/s1. The van der Waals surface area contributed by atoms with Crippen molar-refractivity contribution < 1.29 is 9.59 Å². The van der Waals surface area contributed by atoms with E-state index >= 15 is 0 Å². The van der Waals surface area contributed by atoms with Gasteiger partial charge in [-0.25, -0.2) is 0 Å². The second kappa shape index (κ2) is 11.3. The lowest BCUT2D eigenvalue weighted by atomic mass is 10.0. The molecule has 8 heteroatoms. The highest BCUT2D eigenvalue weighted by Gasteiger charge is 2.17. The molecule has 1 aromatic carbocycles. The van der Waals surface area contributed by atoms with Gasteiger partial charge < -0.3 is 15.5 Å². The molecule has 0 aliphatic carbocycles. The highest BCUT2D eigenvalue weighted by atomic mass is 32.1. The molecule has 2 aromatic rings. The van der Waals surface area contributed by atoms with Gasteiger partial charge in [-0.1, -0.05) is 31.6 Å². The molecule has 2 heterocycles. The molecule has 0 unspecified atom stereocenters. The summed E-state index contributed by atoms with van der Waals surface area (Å²) in [5, 5.41) is 15.1. The van der Waals surface area contributed by atoms with E-state index < -0.39 is 0 Å². The Bertz CT molecular complexity index is 865. The van der Waals surface area contributed by atoms with Crippen LogP contribution in [0.5, 0.6) is 0 Å². The monoisotopic (exact) mass is 443 g/mol. The molecular formula is C23H33N5O2S. The number of nitrogens with one attached hydrogen (secondary N) is 2. The van der Waals surface area contributed by atoms with Crippen molar-refractivity contribution in [3.05, 3.63) is 39.8 Å². The van der Waals surface area contributed by atoms with E-state index in [2.05, 4.69) is 46.5 Å². The largest absolute Gasteiger partial charge is 0.352 e. The van der Waals surface area contributed by atoms with Crippen LogP contribution in [-0.4, -0.2) is 52.6 Å². The molecule has 1 fully saturated rings. The number of rotatable bonds is 9. The van der Waals surface area contributed by atoms with E-state index in [0.29, 0.717) is 34.8 Å². The van der Waals surface area contributed by atoms with E-state index in [9.17, 15) is 9.59 Å². The van der Waals surface area contributed by atoms with Crippen LogP contribution in [0.15, 0.2) is 24.3 Å². The number of benzene rings is 1. The maximum Gasteiger partial charge on any atom is 0.286 e. The summed E-state index contributed by atoms with van der Waals surface area (Å²) in [4.78, 5) is 27.3. The predicted octanol–water partition coefficient (Wildman–Crippen LogP) is 3.98. The summed E-state index contributed by atoms with van der Waals surface area (Å²) in [6, 6.07) is 7.56. The number of aromatic nitrogens is 2. The number of carbonyl (C=O) groups is 2. The molecule has 2 N–H and O–H groups in total. The molecule has 1 atom stereocenters. The third kappa shape index (κ3) is 7.11. The van der Waals surface area contributed by atoms with Crippen LogP contribution in [0.2, 0.25) is 0 Å². The maximum absolute atomic E-state index is 12.4. The number of nitrogens with zero attached hydrogens (tertiary/aromatic N) is 3. The first-order valence-corrected chi connectivity index (χ1v) is 12.0. The van der Waals surface area contributed by atoms with E-state index in [1.165, 1.54) is 37.1 Å². The Labute approximate surface area is 188 Å². The minimum absolute atomic E-state index is 0.0907. The summed E-state index contributed by atoms with van der Waals surface area (Å²) in [6.45, 7) is 9.35. The van der Waals surface area contributed by atoms with Crippen LogP contribution in [0.3, 0.4) is 0 Å². The van der Waals surface area contributed by atoms with Crippen LogP contribution in [-0.2, 0) is 6.42 Å². The van der Waals surface area contributed by atoms with Crippen molar-refractivity contribution in [2.45, 2.75) is 58.9 Å². The fraction of sp³-hybridized carbons (Fsp3) is 0.565. The van der Waals surface area contributed by atoms with Gasteiger partial charge in [0.05, 0.1) is 0 Å². The van der Waals surface area contributed by atoms with E-state index in [0.717, 1.165) is 24.4 Å². The molecule has 1 saturated heterocycles. The third-order valence-corrected chi connectivity index (χ3v) is 6.44. The first-order valence-electron chi connectivity index (χ1n) is 11.2. The predicted molar refractivity (Wildman–Crippen MR) is 125 cm³/mol. The quantitative estimate of drug-likeness (QED) is 0.573. The van der Waals surface area contributed by atoms with Gasteiger partial charge in [0, 0.05) is 36.8 Å². The summed E-state index contributed by atoms with van der Waals surface area (Å²) in [5.74, 6) is 0.0968. The maximum atomic E-state index is 12.4. The van der Waals surface area contributed by atoms with Gasteiger partial charge in [0.1, 0.15) is 5.01 Å². The number of amides is 2. The van der Waals surface area contributed by atoms with Gasteiger partial charge in [-0.3, -0.25) is 9.59 Å². The lowest BCUT2D eigenvalue weighted by Gasteiger charge is -2.33. The van der Waals surface area contributed by atoms with E-state index in [1.807, 2.05) is 0 Å². The third-order valence-electron chi connectivity index (χ3n) is 5.50. The van der Waals surface area contributed by atoms with E-state index in [1.54, 1.807) is 24.3 Å². The molecule has 2 amide bonds. The zero-order chi connectivity index (χ0) is 22.2. The number of carbonyl (C=O) groups excluding carboxylic acids is 2. The Balaban J connectivity index is 1.43. The Hall–Kier alpha value is -2.32. The molecule has 31 heavy (non-hydrogen) atoms. The number of hydrogen-bond donors (Lipinski definition) is 2. The molecular weight excluding hydrogens is 410 g/mol. The summed E-state index contributed by atoms with van der Waals surface area (Å²) in [5.41, 5.74) is 1.21. The van der Waals surface area contributed by atoms with Gasteiger partial charge in [0.2, 0.25) is 5.01 Å². The van der Waals surface area contributed by atoms with Gasteiger partial charge in [0.15, 0.2) is 0 Å². The zero-order valence-corrected chi connectivity index (χ0v) is 19.5. The average Bonchev–Trinajstić information content (AvgIpc) is 3.20. The van der Waals surface area contributed by atoms with Gasteiger partial charge in [-0.15, -0.1) is 10.2 Å². The molecule has 0 radical (unpaired) electrons. The topological polar surface area (TPSA) is 87.2 Å². The van der Waals surface area contributed by atoms with Gasteiger partial charge in [0.25, 0.3) is 11.8 Å². The summed E-state index contributed by atoms with van der Waals surface area (Å²) >= 11 is 1.32. The summed E-state index contributed by atoms with van der Waals surface area (Å²) < 4.78 is 0. The van der Waals surface area contributed by atoms with Gasteiger partial charge in [-0.05, 0) is 62.9 Å². The van der Waals surface area contributed by atoms with Crippen molar-refractivity contribution in [2.24, 2.45) is 5.92 Å². The van der Waals surface area contributed by atoms with E-state index in [4.69, 9.17) is 0 Å². The molecule has 0 spiro atoms. The SMILES string of the molecule is CC(C)Cc1nnc(C(=O)Nc2ccc(C(=O)NCCCN3CCCC[C@@H]3C)cc2)s1. The number of anilines is 1. The van der Waals surface area contributed by atoms with Gasteiger partial charge >= 0.3 is 0 Å². The van der Waals surface area contributed by atoms with Crippen LogP contribution >= 0.6 is 11.3 Å². The van der Waals surface area contributed by atoms with Crippen LogP contribution in [0.25, 0.3) is 0 Å². The number of piperidine rings is 1. The van der Waals surface area contributed by atoms with Gasteiger partial charge in [-0.2, -0.15) is 0 Å². The Morgan fingerprint density at radius 1 is 1.16 bits per heavy atom. The van der Waals surface area contributed by atoms with Crippen LogP contribution in [0, 0.1) is 5.92 Å². The Morgan fingerprint density at radius 3 is 2.65 bits per heavy atom. The highest BCUT2D eigenvalue weighted by Crippen LogP contribution is 2.17. The zero-order valence-electron chi connectivity index (χ0n) is 18.7. The second-order valence-electron chi connectivity index (χ2n) is 8.62. The number of hydrogen-bond acceptors (Lipinski definition) is 6. The lowest BCUT2D eigenvalue weighted by molar-refractivity contribution is 0.0948. The van der Waals surface area contributed by atoms with Crippen molar-refractivity contribution in [2.75, 3.05) is 25.0 Å². The number of likely N-dealkylation sites (tertiary alicyclic amines) is 1. The van der Waals surface area contributed by atoms with Crippen LogP contribution in [0.4, 0.5) is 5.69 Å². The van der Waals surface area contributed by atoms with Crippen molar-refractivity contribution >= 4 is 28.8 Å². The fourth-order valence-corrected chi connectivity index (χ4v) is 4.69. The minimum Gasteiger partial charge on any atom is -0.352 e. The molecule has 1 aromatic heterocycles. The van der Waals surface area contributed by atoms with Crippen molar-refractivity contribution in [1.82, 2.24) is 20.4 Å². The smallest absolute Gasteiger partial charge is 0.286 e. The van der Waals surface area contributed by atoms with Crippen LogP contribution in [0.1, 0.15) is 71.6 Å². The molecule has 7 nitrogen and oxygen atoms in total. The second-order valence-corrected chi connectivity index (χ2v) is 9.68. The first-order chi connectivity index (χ1) is 14.9. The van der Waals surface area contributed by atoms with Crippen molar-refractivity contribution in [3.8, 4) is 0 Å². The average molecular weight is 444 g/mol. The molecule has 0 bridgehead atoms. The fourth-order valence-electron chi connectivity index (χ4n) is 3.74. The Morgan fingerprint density at radius 2 is 1.94 bits per heavy atom. The molecule has 1 aliphatic rings. The van der Waals surface area contributed by atoms with Crippen molar-refractivity contribution in [3.63, 3.8) is 0 Å². The minimum atomic E-state index is -0.281. The molecule has 0 saturated carbocycles.